The van der Waals surface area contributed by atoms with Crippen molar-refractivity contribution in [2.75, 3.05) is 13.6 Å². The van der Waals surface area contributed by atoms with Crippen LogP contribution < -0.4 is 0 Å². The zero-order valence-electron chi connectivity index (χ0n) is 12.3. The summed E-state index contributed by atoms with van der Waals surface area (Å²) in [5.74, 6) is -0.709. The average Bonchev–Trinajstić information content (AvgIpc) is 2.70. The average molecular weight is 284 g/mol. The lowest BCUT2D eigenvalue weighted by molar-refractivity contribution is -0.147. The van der Waals surface area contributed by atoms with Gasteiger partial charge >= 0.3 is 5.97 Å². The molecule has 0 spiro atoms. The number of aryl methyl sites for hydroxylation is 1. The minimum atomic E-state index is -0.709. The molecule has 0 bridgehead atoms. The Morgan fingerprint density at radius 3 is 2.68 bits per heavy atom. The molecule has 4 nitrogen and oxygen atoms in total. The molecule has 0 aliphatic rings. The van der Waals surface area contributed by atoms with E-state index in [0.29, 0.717) is 0 Å². The fourth-order valence-corrected chi connectivity index (χ4v) is 2.50. The Morgan fingerprint density at radius 2 is 2.16 bits per heavy atom. The molecule has 0 saturated carbocycles. The van der Waals surface area contributed by atoms with Crippen LogP contribution in [0.25, 0.3) is 0 Å². The number of carbonyl (C=O) groups is 1. The molecule has 0 saturated heterocycles. The second-order valence-corrected chi connectivity index (χ2v) is 6.80. The number of rotatable bonds is 8. The highest BCUT2D eigenvalue weighted by atomic mass is 32.1. The molecule has 1 rings (SSSR count). The Labute approximate surface area is 119 Å². The first-order valence-corrected chi connectivity index (χ1v) is 7.52. The van der Waals surface area contributed by atoms with E-state index in [0.717, 1.165) is 43.1 Å². The van der Waals surface area contributed by atoms with Crippen molar-refractivity contribution in [3.05, 3.63) is 16.1 Å². The summed E-state index contributed by atoms with van der Waals surface area (Å²) in [4.78, 5) is 17.7. The van der Waals surface area contributed by atoms with Crippen LogP contribution in [0.1, 0.15) is 43.8 Å². The fourth-order valence-electron chi connectivity index (χ4n) is 1.89. The number of aliphatic carboxylic acids is 1. The quantitative estimate of drug-likeness (QED) is 0.745. The van der Waals surface area contributed by atoms with Gasteiger partial charge in [0.15, 0.2) is 0 Å². The number of carboxylic acid groups (broad SMARTS) is 1. The van der Waals surface area contributed by atoms with Gasteiger partial charge in [0.1, 0.15) is 0 Å². The van der Waals surface area contributed by atoms with Crippen molar-refractivity contribution < 1.29 is 9.90 Å². The minimum absolute atomic E-state index is 0.607. The van der Waals surface area contributed by atoms with Gasteiger partial charge in [-0.15, -0.1) is 11.3 Å². The van der Waals surface area contributed by atoms with Crippen LogP contribution in [0, 0.1) is 12.3 Å². The van der Waals surface area contributed by atoms with Crippen LogP contribution >= 0.6 is 11.3 Å². The highest BCUT2D eigenvalue weighted by molar-refractivity contribution is 7.09. The largest absolute Gasteiger partial charge is 0.481 e. The molecular weight excluding hydrogens is 260 g/mol. The predicted octanol–water partition coefficient (Wildman–Crippen LogP) is 3.16. The maximum atomic E-state index is 11.0. The molecule has 0 aliphatic heterocycles. The lowest BCUT2D eigenvalue weighted by Gasteiger charge is -2.20. The SMILES string of the molecule is Cc1nc(CN(C)CCCCC(C)(C)C(=O)O)cs1. The summed E-state index contributed by atoms with van der Waals surface area (Å²) < 4.78 is 0. The van der Waals surface area contributed by atoms with Crippen LogP contribution in [0.2, 0.25) is 0 Å². The van der Waals surface area contributed by atoms with E-state index >= 15 is 0 Å². The Bertz CT molecular complexity index is 415. The first-order valence-electron chi connectivity index (χ1n) is 6.64. The third-order valence-electron chi connectivity index (χ3n) is 3.27. The number of unbranched alkanes of at least 4 members (excludes halogenated alkanes) is 1. The molecule has 0 radical (unpaired) electrons. The van der Waals surface area contributed by atoms with E-state index in [4.69, 9.17) is 5.11 Å². The van der Waals surface area contributed by atoms with E-state index in [1.807, 2.05) is 6.92 Å². The van der Waals surface area contributed by atoms with E-state index in [1.54, 1.807) is 25.2 Å². The third-order valence-corrected chi connectivity index (χ3v) is 4.09. The lowest BCUT2D eigenvalue weighted by Crippen LogP contribution is -2.24. The molecule has 0 fully saturated rings. The molecule has 1 heterocycles. The number of aromatic nitrogens is 1. The molecule has 0 aliphatic carbocycles. The van der Waals surface area contributed by atoms with E-state index in [2.05, 4.69) is 22.3 Å². The summed E-state index contributed by atoms with van der Waals surface area (Å²) in [6.45, 7) is 7.44. The third kappa shape index (κ3) is 5.70. The zero-order valence-corrected chi connectivity index (χ0v) is 13.1. The molecule has 0 amide bonds. The second kappa shape index (κ2) is 7.01. The highest BCUT2D eigenvalue weighted by Crippen LogP contribution is 2.23. The van der Waals surface area contributed by atoms with Gasteiger partial charge in [-0.3, -0.25) is 4.79 Å². The topological polar surface area (TPSA) is 53.4 Å². The number of nitrogens with zero attached hydrogens (tertiary/aromatic N) is 2. The van der Waals surface area contributed by atoms with Gasteiger partial charge in [0, 0.05) is 11.9 Å². The van der Waals surface area contributed by atoms with Gasteiger partial charge in [0.2, 0.25) is 0 Å². The molecule has 1 aromatic rings. The summed E-state index contributed by atoms with van der Waals surface area (Å²) in [6, 6.07) is 0. The van der Waals surface area contributed by atoms with Crippen LogP contribution in [-0.2, 0) is 11.3 Å². The summed E-state index contributed by atoms with van der Waals surface area (Å²) in [7, 11) is 2.08. The van der Waals surface area contributed by atoms with Gasteiger partial charge in [-0.1, -0.05) is 6.42 Å². The molecule has 19 heavy (non-hydrogen) atoms. The van der Waals surface area contributed by atoms with Crippen LogP contribution in [0.3, 0.4) is 0 Å². The standard InChI is InChI=1S/C14H24N2O2S/c1-11-15-12(10-19-11)9-16(4)8-6-5-7-14(2,3)13(17)18/h10H,5-9H2,1-4H3,(H,17,18). The molecule has 108 valence electrons. The number of hydrogen-bond acceptors (Lipinski definition) is 4. The summed E-state index contributed by atoms with van der Waals surface area (Å²) >= 11 is 1.68. The summed E-state index contributed by atoms with van der Waals surface area (Å²) in [5.41, 5.74) is 0.515. The zero-order chi connectivity index (χ0) is 14.5. The van der Waals surface area contributed by atoms with Gasteiger partial charge in [0.05, 0.1) is 16.1 Å². The minimum Gasteiger partial charge on any atom is -0.481 e. The smallest absolute Gasteiger partial charge is 0.309 e. The van der Waals surface area contributed by atoms with E-state index < -0.39 is 11.4 Å². The Kier molecular flexibility index (Phi) is 5.94. The molecule has 0 atom stereocenters. The first-order chi connectivity index (χ1) is 8.81. The predicted molar refractivity (Wildman–Crippen MR) is 78.5 cm³/mol. The van der Waals surface area contributed by atoms with Crippen molar-refractivity contribution in [3.63, 3.8) is 0 Å². The monoisotopic (exact) mass is 284 g/mol. The van der Waals surface area contributed by atoms with Crippen LogP contribution in [0.5, 0.6) is 0 Å². The van der Waals surface area contributed by atoms with Gasteiger partial charge in [0.25, 0.3) is 0 Å². The molecule has 0 unspecified atom stereocenters. The van der Waals surface area contributed by atoms with Gasteiger partial charge < -0.3 is 10.0 Å². The van der Waals surface area contributed by atoms with Gasteiger partial charge in [-0.05, 0) is 47.2 Å². The summed E-state index contributed by atoms with van der Waals surface area (Å²) in [6.07, 6.45) is 2.70. The van der Waals surface area contributed by atoms with Crippen molar-refractivity contribution in [3.8, 4) is 0 Å². The Hall–Kier alpha value is -0.940. The fraction of sp³-hybridized carbons (Fsp3) is 0.714. The normalized spacial score (nSPS) is 12.1. The van der Waals surface area contributed by atoms with Crippen LogP contribution in [0.15, 0.2) is 5.38 Å². The maximum Gasteiger partial charge on any atom is 0.309 e. The van der Waals surface area contributed by atoms with Crippen molar-refractivity contribution in [2.24, 2.45) is 5.41 Å². The first kappa shape index (κ1) is 16.1. The van der Waals surface area contributed by atoms with Crippen molar-refractivity contribution in [2.45, 2.75) is 46.6 Å². The van der Waals surface area contributed by atoms with Gasteiger partial charge in [-0.2, -0.15) is 0 Å². The Balaban J connectivity index is 2.21. The molecular formula is C14H24N2O2S. The lowest BCUT2D eigenvalue weighted by atomic mass is 9.87. The van der Waals surface area contributed by atoms with Gasteiger partial charge in [-0.25, -0.2) is 4.98 Å². The van der Waals surface area contributed by atoms with Crippen LogP contribution in [0.4, 0.5) is 0 Å². The van der Waals surface area contributed by atoms with E-state index in [1.165, 1.54) is 0 Å². The Morgan fingerprint density at radius 1 is 1.47 bits per heavy atom. The molecule has 0 aromatic carbocycles. The van der Waals surface area contributed by atoms with Crippen molar-refractivity contribution >= 4 is 17.3 Å². The molecule has 5 heteroatoms. The van der Waals surface area contributed by atoms with E-state index in [9.17, 15) is 4.79 Å². The summed E-state index contributed by atoms with van der Waals surface area (Å²) in [5, 5.41) is 12.2. The molecule has 1 aromatic heterocycles. The molecule has 1 N–H and O–H groups in total. The maximum absolute atomic E-state index is 11.0. The van der Waals surface area contributed by atoms with Crippen molar-refractivity contribution in [1.29, 1.82) is 0 Å². The second-order valence-electron chi connectivity index (χ2n) is 5.74. The highest BCUT2D eigenvalue weighted by Gasteiger charge is 2.25. The van der Waals surface area contributed by atoms with E-state index in [-0.39, 0.29) is 0 Å². The van der Waals surface area contributed by atoms with Crippen LogP contribution in [-0.4, -0.2) is 34.6 Å². The number of thiazole rings is 1. The van der Waals surface area contributed by atoms with Crippen molar-refractivity contribution in [1.82, 2.24) is 9.88 Å². The number of hydrogen-bond donors (Lipinski definition) is 1. The number of carboxylic acids is 1.